The van der Waals surface area contributed by atoms with Gasteiger partial charge in [-0.1, -0.05) is 41.5 Å². The van der Waals surface area contributed by atoms with E-state index in [0.29, 0.717) is 16.9 Å². The summed E-state index contributed by atoms with van der Waals surface area (Å²) >= 11 is 0. The van der Waals surface area contributed by atoms with Gasteiger partial charge >= 0.3 is 5.97 Å². The number of rotatable bonds is 6. The van der Waals surface area contributed by atoms with E-state index in [4.69, 9.17) is 0 Å². The second-order valence-electron chi connectivity index (χ2n) is 9.71. The van der Waals surface area contributed by atoms with Gasteiger partial charge in [-0.25, -0.2) is 22.9 Å². The minimum Gasteiger partial charge on any atom is -0.478 e. The van der Waals surface area contributed by atoms with Crippen LogP contribution in [0.2, 0.25) is 0 Å². The molecule has 1 unspecified atom stereocenters. The number of aromatic nitrogens is 2. The third-order valence-corrected chi connectivity index (χ3v) is 7.20. The quantitative estimate of drug-likeness (QED) is 0.316. The number of dihydropyridines is 1. The van der Waals surface area contributed by atoms with Crippen molar-refractivity contribution in [3.63, 3.8) is 0 Å². The van der Waals surface area contributed by atoms with Crippen LogP contribution in [0, 0.1) is 5.41 Å². The predicted octanol–water partition coefficient (Wildman–Crippen LogP) is 6.33. The Balaban J connectivity index is 0.000000921. The third kappa shape index (κ3) is 8.12. The number of hydrogen-bond acceptors (Lipinski definition) is 6. The highest BCUT2D eigenvalue weighted by molar-refractivity contribution is 5.89. The first-order valence-corrected chi connectivity index (χ1v) is 14.5. The van der Waals surface area contributed by atoms with Gasteiger partial charge in [0.05, 0.1) is 16.5 Å². The molecule has 1 aliphatic carbocycles. The summed E-state index contributed by atoms with van der Waals surface area (Å²) in [6, 6.07) is 2.41. The van der Waals surface area contributed by atoms with Crippen molar-refractivity contribution in [2.24, 2.45) is 5.41 Å². The lowest BCUT2D eigenvalue weighted by molar-refractivity contribution is -0.133. The zero-order valence-electron chi connectivity index (χ0n) is 25.1. The van der Waals surface area contributed by atoms with E-state index in [9.17, 15) is 27.9 Å². The van der Waals surface area contributed by atoms with E-state index in [0.717, 1.165) is 51.2 Å². The van der Waals surface area contributed by atoms with Gasteiger partial charge < -0.3 is 15.3 Å². The molecule has 1 aromatic heterocycles. The van der Waals surface area contributed by atoms with Crippen molar-refractivity contribution in [1.82, 2.24) is 20.6 Å². The number of anilines is 1. The number of alkyl halides is 2. The lowest BCUT2D eigenvalue weighted by Crippen LogP contribution is -2.44. The van der Waals surface area contributed by atoms with Gasteiger partial charge in [0.2, 0.25) is 5.95 Å². The molecule has 1 saturated heterocycles. The maximum Gasteiger partial charge on any atom is 0.335 e. The van der Waals surface area contributed by atoms with Crippen molar-refractivity contribution in [3.05, 3.63) is 57.3 Å². The van der Waals surface area contributed by atoms with Gasteiger partial charge in [-0.15, -0.1) is 0 Å². The van der Waals surface area contributed by atoms with Crippen LogP contribution in [0.5, 0.6) is 0 Å². The van der Waals surface area contributed by atoms with E-state index >= 15 is 0 Å². The Morgan fingerprint density at radius 3 is 2.27 bits per heavy atom. The Morgan fingerprint density at radius 2 is 1.73 bits per heavy atom. The highest BCUT2D eigenvalue weighted by Gasteiger charge is 2.44. The molecule has 4 N–H and O–H groups in total. The van der Waals surface area contributed by atoms with Crippen LogP contribution in [-0.4, -0.2) is 40.3 Å². The molecule has 3 heterocycles. The lowest BCUT2D eigenvalue weighted by Gasteiger charge is -2.32. The van der Waals surface area contributed by atoms with E-state index < -0.39 is 29.4 Å². The first kappa shape index (κ1) is 33.9. The molecule has 3 aliphatic rings. The van der Waals surface area contributed by atoms with Crippen molar-refractivity contribution in [2.45, 2.75) is 92.8 Å². The van der Waals surface area contributed by atoms with Gasteiger partial charge in [-0.2, -0.15) is 0 Å². The summed E-state index contributed by atoms with van der Waals surface area (Å²) in [5.74, 6) is -4.89. The molecule has 2 aromatic rings. The molecule has 1 aromatic carbocycles. The summed E-state index contributed by atoms with van der Waals surface area (Å²) in [6.07, 6.45) is 5.43. The Bertz CT molecular complexity index is 1300. The molecule has 5 rings (SSSR count). The number of carboxylic acids is 1. The Hall–Kier alpha value is -3.34. The van der Waals surface area contributed by atoms with E-state index in [2.05, 4.69) is 20.6 Å². The smallest absolute Gasteiger partial charge is 0.335 e. The number of nitrogens with one attached hydrogen (secondary N) is 3. The maximum atomic E-state index is 14.2. The summed E-state index contributed by atoms with van der Waals surface area (Å²) in [4.78, 5) is 33.9. The second-order valence-corrected chi connectivity index (χ2v) is 9.71. The molecular weight excluding hydrogens is 535 g/mol. The fourth-order valence-electron chi connectivity index (χ4n) is 4.80. The standard InChI is InChI=1S/C24H26F3N5O3.3C2H6/c1-23(26,27)14-8-13(11-28-19-17(21(34)35)10-15(25)12-29-19)18-16(9-14)20(33)31-22(30-18)32-6-4-24(2-3-24)5-7-32;3*1-2/h8-10,12,19,28-29H,2-7,11H2,1H3,(H,34,35)(H,30,31,33);3*1-2H3. The number of aromatic amines is 1. The number of piperidine rings is 1. The molecule has 1 atom stereocenters. The third-order valence-electron chi connectivity index (χ3n) is 7.20. The molecule has 41 heavy (non-hydrogen) atoms. The molecule has 0 radical (unpaired) electrons. The summed E-state index contributed by atoms with van der Waals surface area (Å²) in [6.45, 7) is 14.2. The van der Waals surface area contributed by atoms with Gasteiger partial charge in [0.15, 0.2) is 0 Å². The summed E-state index contributed by atoms with van der Waals surface area (Å²) in [5, 5.41) is 15.0. The first-order chi connectivity index (χ1) is 19.5. The number of fused-ring (bicyclic) bond motifs is 1. The molecule has 8 nitrogen and oxygen atoms in total. The molecular formula is C30H44F3N5O3. The monoisotopic (exact) mass is 579 g/mol. The number of nitrogens with zero attached hydrogens (tertiary/aromatic N) is 2. The second kappa shape index (κ2) is 14.5. The van der Waals surface area contributed by atoms with Crippen molar-refractivity contribution in [1.29, 1.82) is 0 Å². The molecule has 2 fully saturated rings. The van der Waals surface area contributed by atoms with Crippen molar-refractivity contribution in [2.75, 3.05) is 18.0 Å². The number of allylic oxidation sites excluding steroid dienone is 2. The highest BCUT2D eigenvalue weighted by Crippen LogP contribution is 2.53. The largest absolute Gasteiger partial charge is 0.478 e. The molecule has 11 heteroatoms. The number of carbonyl (C=O) groups is 1. The first-order valence-electron chi connectivity index (χ1n) is 14.5. The highest BCUT2D eigenvalue weighted by atomic mass is 19.3. The zero-order chi connectivity index (χ0) is 31.0. The van der Waals surface area contributed by atoms with Crippen LogP contribution in [-0.2, 0) is 17.3 Å². The normalized spacial score (nSPS) is 18.8. The number of aliphatic carboxylic acids is 1. The topological polar surface area (TPSA) is 110 Å². The summed E-state index contributed by atoms with van der Waals surface area (Å²) in [7, 11) is 0. The van der Waals surface area contributed by atoms with Crippen LogP contribution in [0.4, 0.5) is 19.1 Å². The summed E-state index contributed by atoms with van der Waals surface area (Å²) < 4.78 is 42.0. The van der Waals surface area contributed by atoms with Crippen molar-refractivity contribution < 1.29 is 23.1 Å². The number of hydrogen-bond donors (Lipinski definition) is 4. The minimum absolute atomic E-state index is 0.0248. The average Bonchev–Trinajstić information content (AvgIpc) is 3.73. The molecule has 0 amide bonds. The Kier molecular flexibility index (Phi) is 12.0. The Labute approximate surface area is 240 Å². The lowest BCUT2D eigenvalue weighted by atomic mass is 9.94. The van der Waals surface area contributed by atoms with Crippen molar-refractivity contribution in [3.8, 4) is 0 Å². The maximum absolute atomic E-state index is 14.2. The zero-order valence-corrected chi connectivity index (χ0v) is 25.1. The van der Waals surface area contributed by atoms with Crippen molar-refractivity contribution >= 4 is 22.8 Å². The van der Waals surface area contributed by atoms with Gasteiger partial charge in [-0.05, 0) is 54.9 Å². The van der Waals surface area contributed by atoms with Gasteiger partial charge in [0.25, 0.3) is 11.5 Å². The van der Waals surface area contributed by atoms with E-state index in [1.54, 1.807) is 0 Å². The van der Waals surface area contributed by atoms with E-state index in [-0.39, 0.29) is 28.6 Å². The molecule has 2 aliphatic heterocycles. The Morgan fingerprint density at radius 1 is 1.12 bits per heavy atom. The minimum atomic E-state index is -3.21. The van der Waals surface area contributed by atoms with Gasteiger partial charge in [-0.3, -0.25) is 15.1 Å². The van der Waals surface area contributed by atoms with Crippen LogP contribution in [0.25, 0.3) is 10.9 Å². The predicted molar refractivity (Wildman–Crippen MR) is 158 cm³/mol. The fraction of sp³-hybridized carbons (Fsp3) is 0.567. The van der Waals surface area contributed by atoms with Crippen LogP contribution in [0.1, 0.15) is 85.3 Å². The van der Waals surface area contributed by atoms with E-state index in [1.807, 2.05) is 46.4 Å². The van der Waals surface area contributed by atoms with Crippen LogP contribution >= 0.6 is 0 Å². The van der Waals surface area contributed by atoms with Crippen LogP contribution in [0.15, 0.2) is 40.6 Å². The molecule has 0 bridgehead atoms. The number of benzene rings is 1. The van der Waals surface area contributed by atoms with Crippen LogP contribution in [0.3, 0.4) is 0 Å². The SMILES string of the molecule is CC.CC.CC.CC(F)(F)c1cc(CNC2NC=C(F)C=C2C(=O)O)c2nc(N3CCC4(CC3)CC4)[nH]c(=O)c2c1. The fourth-order valence-corrected chi connectivity index (χ4v) is 4.80. The summed E-state index contributed by atoms with van der Waals surface area (Å²) in [5.41, 5.74) is -0.137. The average molecular weight is 580 g/mol. The number of H-pyrrole nitrogens is 1. The van der Waals surface area contributed by atoms with Gasteiger partial charge in [0, 0.05) is 38.3 Å². The number of carboxylic acid groups (broad SMARTS) is 1. The molecule has 1 saturated carbocycles. The number of halogens is 3. The molecule has 228 valence electrons. The van der Waals surface area contributed by atoms with E-state index in [1.165, 1.54) is 18.9 Å². The molecule has 1 spiro atoms. The van der Waals surface area contributed by atoms with Crippen LogP contribution < -0.4 is 21.1 Å². The van der Waals surface area contributed by atoms with Gasteiger partial charge in [0.1, 0.15) is 12.0 Å².